The molecule has 1 N–H and O–H groups in total. The molecule has 0 unspecified atom stereocenters. The Labute approximate surface area is 105 Å². The lowest BCUT2D eigenvalue weighted by Crippen LogP contribution is -2.11. The zero-order valence-corrected chi connectivity index (χ0v) is 10.2. The van der Waals surface area contributed by atoms with Gasteiger partial charge in [-0.05, 0) is 19.1 Å². The van der Waals surface area contributed by atoms with Crippen LogP contribution >= 0.6 is 0 Å². The molecule has 0 fully saturated rings. The zero-order valence-electron chi connectivity index (χ0n) is 10.2. The highest BCUT2D eigenvalue weighted by Crippen LogP contribution is 2.36. The third-order valence-corrected chi connectivity index (χ3v) is 2.01. The highest BCUT2D eigenvalue weighted by molar-refractivity contribution is 5.89. The maximum atomic E-state index is 11.4. The summed E-state index contributed by atoms with van der Waals surface area (Å²) in [6.07, 6.45) is 0.170. The molecule has 0 aromatic heterocycles. The lowest BCUT2D eigenvalue weighted by Gasteiger charge is -2.11. The van der Waals surface area contributed by atoms with E-state index in [4.69, 9.17) is 9.47 Å². The van der Waals surface area contributed by atoms with Crippen molar-refractivity contribution in [3.63, 3.8) is 0 Å². The number of rotatable bonds is 4. The van der Waals surface area contributed by atoms with Crippen LogP contribution in [0.2, 0.25) is 0 Å². The summed E-state index contributed by atoms with van der Waals surface area (Å²) in [5, 5.41) is 9.61. The second-order valence-corrected chi connectivity index (χ2v) is 3.60. The van der Waals surface area contributed by atoms with Gasteiger partial charge < -0.3 is 14.6 Å². The average molecular weight is 250 g/mol. The highest BCUT2D eigenvalue weighted by atomic mass is 16.6. The lowest BCUT2D eigenvalue weighted by molar-refractivity contribution is -0.135. The molecule has 5 nitrogen and oxygen atoms in total. The monoisotopic (exact) mass is 250 g/mol. The number of aromatic hydroxyl groups is 1. The molecule has 0 atom stereocenters. The summed E-state index contributed by atoms with van der Waals surface area (Å²) in [7, 11) is 0. The fraction of sp³-hybridized carbons (Fsp3) is 0.231. The van der Waals surface area contributed by atoms with Gasteiger partial charge in [-0.2, -0.15) is 0 Å². The van der Waals surface area contributed by atoms with Gasteiger partial charge in [0, 0.05) is 12.0 Å². The van der Waals surface area contributed by atoms with Gasteiger partial charge in [-0.1, -0.05) is 19.6 Å². The summed E-state index contributed by atoms with van der Waals surface area (Å²) >= 11 is 0. The number of carbonyl (C=O) groups is 2. The van der Waals surface area contributed by atoms with Gasteiger partial charge in [0.25, 0.3) is 0 Å². The van der Waals surface area contributed by atoms with Gasteiger partial charge in [-0.25, -0.2) is 4.79 Å². The zero-order chi connectivity index (χ0) is 13.7. The van der Waals surface area contributed by atoms with Gasteiger partial charge in [0.05, 0.1) is 0 Å². The van der Waals surface area contributed by atoms with Gasteiger partial charge in [0.15, 0.2) is 11.5 Å². The molecule has 1 aromatic rings. The van der Waals surface area contributed by atoms with Crippen molar-refractivity contribution >= 4 is 11.9 Å². The Balaban J connectivity index is 3.04. The van der Waals surface area contributed by atoms with E-state index in [-0.39, 0.29) is 29.2 Å². The van der Waals surface area contributed by atoms with Crippen LogP contribution in [0.5, 0.6) is 17.2 Å². The first-order valence-corrected chi connectivity index (χ1v) is 5.36. The Morgan fingerprint density at radius 3 is 2.56 bits per heavy atom. The summed E-state index contributed by atoms with van der Waals surface area (Å²) in [5.74, 6) is -1.67. The number of phenols is 1. The molecule has 96 valence electrons. The Bertz CT molecular complexity index is 490. The van der Waals surface area contributed by atoms with E-state index in [1.165, 1.54) is 25.1 Å². The van der Waals surface area contributed by atoms with Crippen LogP contribution in [-0.2, 0) is 9.59 Å². The summed E-state index contributed by atoms with van der Waals surface area (Å²) in [5.41, 5.74) is 0.172. The van der Waals surface area contributed by atoms with Gasteiger partial charge >= 0.3 is 11.9 Å². The number of para-hydroxylation sites is 1. The molecule has 0 aliphatic heterocycles. The van der Waals surface area contributed by atoms with Gasteiger partial charge in [0.1, 0.15) is 0 Å². The molecule has 0 spiro atoms. The van der Waals surface area contributed by atoms with Crippen LogP contribution in [0.4, 0.5) is 0 Å². The van der Waals surface area contributed by atoms with Crippen LogP contribution < -0.4 is 9.47 Å². The lowest BCUT2D eigenvalue weighted by atomic mass is 10.3. The number of hydrogen-bond donors (Lipinski definition) is 1. The molecule has 5 heteroatoms. The van der Waals surface area contributed by atoms with Crippen molar-refractivity contribution in [2.24, 2.45) is 0 Å². The molecule has 1 aromatic carbocycles. The molecule has 0 aliphatic carbocycles. The SMILES string of the molecule is C=C(C)C(=O)Oc1c(O)cccc1OC(=O)CC. The van der Waals surface area contributed by atoms with Crippen molar-refractivity contribution in [1.29, 1.82) is 0 Å². The molecule has 0 radical (unpaired) electrons. The molecule has 0 heterocycles. The molecule has 0 bridgehead atoms. The Morgan fingerprint density at radius 1 is 1.33 bits per heavy atom. The van der Waals surface area contributed by atoms with E-state index in [0.29, 0.717) is 0 Å². The Hall–Kier alpha value is -2.30. The minimum absolute atomic E-state index is 0.00329. The van der Waals surface area contributed by atoms with Crippen molar-refractivity contribution in [3.05, 3.63) is 30.4 Å². The van der Waals surface area contributed by atoms with Gasteiger partial charge in [-0.15, -0.1) is 0 Å². The number of ether oxygens (including phenoxy) is 2. The Kier molecular flexibility index (Phi) is 4.48. The number of carbonyl (C=O) groups excluding carboxylic acids is 2. The van der Waals surface area contributed by atoms with Crippen molar-refractivity contribution < 1.29 is 24.2 Å². The number of benzene rings is 1. The molecular weight excluding hydrogens is 236 g/mol. The molecule has 1 rings (SSSR count). The van der Waals surface area contributed by atoms with Crippen LogP contribution in [-0.4, -0.2) is 17.0 Å². The van der Waals surface area contributed by atoms with Crippen LogP contribution in [0.3, 0.4) is 0 Å². The molecule has 0 saturated carbocycles. The predicted molar refractivity (Wildman–Crippen MR) is 64.5 cm³/mol. The fourth-order valence-electron chi connectivity index (χ4n) is 1.06. The van der Waals surface area contributed by atoms with Gasteiger partial charge in [-0.3, -0.25) is 4.79 Å². The molecular formula is C13H14O5. The first-order chi connectivity index (χ1) is 8.45. The van der Waals surface area contributed by atoms with E-state index in [1.807, 2.05) is 0 Å². The number of esters is 2. The van der Waals surface area contributed by atoms with Crippen molar-refractivity contribution in [3.8, 4) is 17.2 Å². The highest BCUT2D eigenvalue weighted by Gasteiger charge is 2.17. The largest absolute Gasteiger partial charge is 0.504 e. The third kappa shape index (κ3) is 3.35. The van der Waals surface area contributed by atoms with Crippen LogP contribution in [0.1, 0.15) is 20.3 Å². The first-order valence-electron chi connectivity index (χ1n) is 5.36. The maximum Gasteiger partial charge on any atom is 0.338 e. The van der Waals surface area contributed by atoms with E-state index in [2.05, 4.69) is 6.58 Å². The Morgan fingerprint density at radius 2 is 2.00 bits per heavy atom. The summed E-state index contributed by atoms with van der Waals surface area (Å²) < 4.78 is 9.87. The van der Waals surface area contributed by atoms with Crippen molar-refractivity contribution in [1.82, 2.24) is 0 Å². The second kappa shape index (κ2) is 5.86. The quantitative estimate of drug-likeness (QED) is 0.503. The van der Waals surface area contributed by atoms with E-state index in [1.54, 1.807) is 6.92 Å². The number of phenolic OH excluding ortho intramolecular Hbond substituents is 1. The van der Waals surface area contributed by atoms with Crippen LogP contribution in [0.15, 0.2) is 30.4 Å². The van der Waals surface area contributed by atoms with Crippen LogP contribution in [0.25, 0.3) is 0 Å². The summed E-state index contributed by atoms with van der Waals surface area (Å²) in [6, 6.07) is 4.23. The summed E-state index contributed by atoms with van der Waals surface area (Å²) in [6.45, 7) is 6.53. The maximum absolute atomic E-state index is 11.4. The van der Waals surface area contributed by atoms with E-state index in [9.17, 15) is 14.7 Å². The van der Waals surface area contributed by atoms with Crippen molar-refractivity contribution in [2.75, 3.05) is 0 Å². The number of hydrogen-bond acceptors (Lipinski definition) is 5. The van der Waals surface area contributed by atoms with Crippen LogP contribution in [0, 0.1) is 0 Å². The van der Waals surface area contributed by atoms with E-state index >= 15 is 0 Å². The summed E-state index contributed by atoms with van der Waals surface area (Å²) in [4.78, 5) is 22.6. The smallest absolute Gasteiger partial charge is 0.338 e. The minimum atomic E-state index is -0.703. The fourth-order valence-corrected chi connectivity index (χ4v) is 1.06. The van der Waals surface area contributed by atoms with Crippen molar-refractivity contribution in [2.45, 2.75) is 20.3 Å². The minimum Gasteiger partial charge on any atom is -0.504 e. The van der Waals surface area contributed by atoms with E-state index < -0.39 is 11.9 Å². The average Bonchev–Trinajstić information content (AvgIpc) is 2.32. The molecule has 0 amide bonds. The molecule has 0 aliphatic rings. The molecule has 18 heavy (non-hydrogen) atoms. The predicted octanol–water partition coefficient (Wildman–Crippen LogP) is 2.19. The van der Waals surface area contributed by atoms with E-state index in [0.717, 1.165) is 0 Å². The normalized spacial score (nSPS) is 9.67. The third-order valence-electron chi connectivity index (χ3n) is 2.01. The standard InChI is InChI=1S/C13H14O5/c1-4-11(15)17-10-7-5-6-9(14)12(10)18-13(16)8(2)3/h5-7,14H,2,4H2,1,3H3. The second-order valence-electron chi connectivity index (χ2n) is 3.60. The topological polar surface area (TPSA) is 72.8 Å². The molecule has 0 saturated heterocycles. The first kappa shape index (κ1) is 13.8. The van der Waals surface area contributed by atoms with Gasteiger partial charge in [0.2, 0.25) is 5.75 Å².